The number of hydrogen-bond donors (Lipinski definition) is 0. The molecule has 0 radical (unpaired) electrons. The van der Waals surface area contributed by atoms with Gasteiger partial charge in [-0.3, -0.25) is 0 Å². The molecule has 0 amide bonds. The quantitative estimate of drug-likeness (QED) is 0.171. The van der Waals surface area contributed by atoms with Crippen LogP contribution >= 0.6 is 0 Å². The van der Waals surface area contributed by atoms with Crippen molar-refractivity contribution in [2.75, 3.05) is 0 Å². The Balaban J connectivity index is 1.28. The molecule has 0 N–H and O–H groups in total. The number of rotatable bonds is 6. The van der Waals surface area contributed by atoms with Crippen LogP contribution in [0.15, 0.2) is 198 Å². The first-order valence-electron chi connectivity index (χ1n) is 23.8. The highest BCUT2D eigenvalue weighted by Gasteiger charge is 2.21. The lowest BCUT2D eigenvalue weighted by Crippen LogP contribution is -2.04. The highest BCUT2D eigenvalue weighted by molar-refractivity contribution is 6.11. The van der Waals surface area contributed by atoms with E-state index in [1.54, 1.807) is 6.07 Å². The van der Waals surface area contributed by atoms with Gasteiger partial charge in [0.15, 0.2) is 17.5 Å². The summed E-state index contributed by atoms with van der Waals surface area (Å²) in [7, 11) is 0. The second-order valence-corrected chi connectivity index (χ2v) is 13.1. The van der Waals surface area contributed by atoms with Crippen LogP contribution in [0.1, 0.15) is 16.4 Å². The molecule has 0 aliphatic heterocycles. The molecule has 0 spiro atoms. The third kappa shape index (κ3) is 5.37. The van der Waals surface area contributed by atoms with Gasteiger partial charge in [0.05, 0.1) is 33.2 Å². The third-order valence-electron chi connectivity index (χ3n) is 9.80. The summed E-state index contributed by atoms with van der Waals surface area (Å²) in [5.74, 6) is 0.760. The van der Waals surface area contributed by atoms with Crippen LogP contribution in [-0.4, -0.2) is 19.5 Å². The minimum atomic E-state index is -0.705. The second-order valence-electron chi connectivity index (χ2n) is 13.1. The van der Waals surface area contributed by atoms with Crippen LogP contribution in [0.4, 0.5) is 0 Å². The number of aromatic nitrogens is 4. The first kappa shape index (κ1) is 21.9. The molecule has 0 aliphatic rings. The average Bonchev–Trinajstić information content (AvgIpc) is 3.93. The molecule has 0 bridgehead atoms. The van der Waals surface area contributed by atoms with E-state index in [0.29, 0.717) is 39.5 Å². The van der Waals surface area contributed by atoms with Gasteiger partial charge < -0.3 is 8.98 Å². The largest absolute Gasteiger partial charge is 0.456 e. The second kappa shape index (κ2) is 13.0. The lowest BCUT2D eigenvalue weighted by molar-refractivity contribution is 0.669. The van der Waals surface area contributed by atoms with E-state index in [0.717, 1.165) is 21.9 Å². The summed E-state index contributed by atoms with van der Waals surface area (Å²) in [5.41, 5.74) is 3.59. The molecule has 3 heterocycles. The predicted octanol–water partition coefficient (Wildman–Crippen LogP) is 13.2. The van der Waals surface area contributed by atoms with Gasteiger partial charge in [-0.25, -0.2) is 15.0 Å². The van der Waals surface area contributed by atoms with E-state index < -0.39 is 83.6 Å². The fourth-order valence-electron chi connectivity index (χ4n) is 7.18. The number of para-hydroxylation sites is 2. The average molecular weight is 729 g/mol. The summed E-state index contributed by atoms with van der Waals surface area (Å²) in [6.07, 6.45) is 0. The van der Waals surface area contributed by atoms with Gasteiger partial charge in [-0.15, -0.1) is 0 Å². The highest BCUT2D eigenvalue weighted by atomic mass is 16.3. The van der Waals surface area contributed by atoms with Crippen molar-refractivity contribution in [2.45, 2.75) is 0 Å². The minimum absolute atomic E-state index is 0.130. The van der Waals surface area contributed by atoms with Crippen molar-refractivity contribution in [3.63, 3.8) is 0 Å². The summed E-state index contributed by atoms with van der Waals surface area (Å²) >= 11 is 0. The lowest BCUT2D eigenvalue weighted by Gasteiger charge is -2.16. The molecule has 8 aromatic carbocycles. The summed E-state index contributed by atoms with van der Waals surface area (Å²) in [4.78, 5) is 15.2. The van der Waals surface area contributed by atoms with Gasteiger partial charge in [-0.1, -0.05) is 139 Å². The van der Waals surface area contributed by atoms with Gasteiger partial charge in [0, 0.05) is 38.2 Å². The minimum Gasteiger partial charge on any atom is -0.456 e. The van der Waals surface area contributed by atoms with Gasteiger partial charge in [0.25, 0.3) is 0 Å². The molecule has 5 heteroatoms. The fourth-order valence-corrected chi connectivity index (χ4v) is 7.18. The van der Waals surface area contributed by atoms with E-state index in [4.69, 9.17) is 29.0 Å². The fraction of sp³-hybridized carbons (Fsp3) is 0. The molecule has 0 saturated carbocycles. The highest BCUT2D eigenvalue weighted by Crippen LogP contribution is 2.40. The molecular weight excluding hydrogens is 685 g/mol. The van der Waals surface area contributed by atoms with Crippen molar-refractivity contribution in [1.29, 1.82) is 0 Å². The monoisotopic (exact) mass is 728 g/mol. The van der Waals surface area contributed by atoms with Crippen molar-refractivity contribution in [3.8, 4) is 62.1 Å². The smallest absolute Gasteiger partial charge is 0.166 e. The molecule has 0 atom stereocenters. The van der Waals surface area contributed by atoms with Crippen LogP contribution in [0.2, 0.25) is 0 Å². The zero-order valence-corrected chi connectivity index (χ0v) is 29.2. The molecule has 0 unspecified atom stereocenters. The molecule has 0 saturated heterocycles. The zero-order chi connectivity index (χ0) is 47.4. The van der Waals surface area contributed by atoms with E-state index in [1.165, 1.54) is 4.57 Å². The predicted molar refractivity (Wildman–Crippen MR) is 229 cm³/mol. The maximum absolute atomic E-state index is 9.71. The first-order chi connectivity index (χ1) is 32.7. The van der Waals surface area contributed by atoms with Gasteiger partial charge >= 0.3 is 0 Å². The number of nitrogens with zero attached hydrogens (tertiary/aromatic N) is 4. The van der Waals surface area contributed by atoms with Gasteiger partial charge in [-0.2, -0.15) is 0 Å². The number of fused-ring (bicyclic) bond motifs is 6. The van der Waals surface area contributed by atoms with Crippen LogP contribution in [0.25, 0.3) is 106 Å². The summed E-state index contributed by atoms with van der Waals surface area (Å²) in [6.45, 7) is 0. The van der Waals surface area contributed by atoms with E-state index in [2.05, 4.69) is 0 Å². The van der Waals surface area contributed by atoms with Crippen LogP contribution in [0.3, 0.4) is 0 Å². The topological polar surface area (TPSA) is 56.7 Å². The van der Waals surface area contributed by atoms with Crippen LogP contribution in [0, 0.1) is 0 Å². The summed E-state index contributed by atoms with van der Waals surface area (Å²) < 4.78 is 115. The van der Waals surface area contributed by atoms with E-state index >= 15 is 0 Å². The number of hydrogen-bond acceptors (Lipinski definition) is 4. The molecule has 262 valence electrons. The maximum Gasteiger partial charge on any atom is 0.166 e. The maximum atomic E-state index is 9.71. The van der Waals surface area contributed by atoms with Crippen molar-refractivity contribution >= 4 is 43.7 Å². The molecular formula is C51H32N4O. The molecule has 5 nitrogen and oxygen atoms in total. The standard InChI is InChI=1S/C51H32N4O/c1-4-14-33(15-5-1)36-24-27-45-41(30-36)39-20-10-12-22-44(39)55(45)46-28-25-37(34-16-6-2-7-17-34)31-43(46)51-53-49(35-18-8-3-9-19-35)52-50(54-51)38-26-29-48-42(32-38)40-21-11-13-23-47(40)56-48/h1-32H/i1D,4D,5D,10D,12D,14D,15D,20D,22D,24D,27D,30D. The van der Waals surface area contributed by atoms with Gasteiger partial charge in [0.2, 0.25) is 0 Å². The van der Waals surface area contributed by atoms with Crippen LogP contribution < -0.4 is 0 Å². The molecule has 0 fully saturated rings. The third-order valence-corrected chi connectivity index (χ3v) is 9.80. The Bertz CT molecular complexity index is 3920. The van der Waals surface area contributed by atoms with Crippen molar-refractivity contribution in [2.24, 2.45) is 0 Å². The number of benzene rings is 8. The Morgan fingerprint density at radius 2 is 1.07 bits per heavy atom. The Morgan fingerprint density at radius 1 is 0.411 bits per heavy atom. The molecule has 56 heavy (non-hydrogen) atoms. The number of furan rings is 1. The SMILES string of the molecule is [2H]c1c([2H])c([2H])c(-c2c([2H])c([2H])c3c(c2[2H])c2c([2H])c([2H])c([2H])c([2H])c2n3-c2ccc(-c3ccccc3)cc2-c2nc(-c3ccccc3)nc(-c3ccc4oc5ccccc5c4c3)n2)c([2H])c1[2H]. The van der Waals surface area contributed by atoms with Gasteiger partial charge in [-0.05, 0) is 76.8 Å². The molecule has 11 aromatic rings. The van der Waals surface area contributed by atoms with Crippen LogP contribution in [-0.2, 0) is 0 Å². The van der Waals surface area contributed by atoms with E-state index in [-0.39, 0.29) is 33.3 Å². The first-order valence-corrected chi connectivity index (χ1v) is 17.8. The molecule has 11 rings (SSSR count). The van der Waals surface area contributed by atoms with Crippen molar-refractivity contribution in [1.82, 2.24) is 19.5 Å². The normalized spacial score (nSPS) is 14.6. The summed E-state index contributed by atoms with van der Waals surface area (Å²) in [6, 6.07) is 30.0. The van der Waals surface area contributed by atoms with Crippen molar-refractivity contribution < 1.29 is 20.9 Å². The van der Waals surface area contributed by atoms with Crippen molar-refractivity contribution in [3.05, 3.63) is 194 Å². The zero-order valence-electron chi connectivity index (χ0n) is 41.2. The van der Waals surface area contributed by atoms with E-state index in [1.807, 2.05) is 115 Å². The molecule has 3 aromatic heterocycles. The lowest BCUT2D eigenvalue weighted by atomic mass is 10.0. The Hall–Kier alpha value is -7.63. The van der Waals surface area contributed by atoms with Crippen LogP contribution in [0.5, 0.6) is 0 Å². The Morgan fingerprint density at radius 3 is 1.91 bits per heavy atom. The van der Waals surface area contributed by atoms with E-state index in [9.17, 15) is 6.85 Å². The summed E-state index contributed by atoms with van der Waals surface area (Å²) in [5, 5.41) is 1.39. The molecule has 0 aliphatic carbocycles. The Labute approximate surface area is 339 Å². The van der Waals surface area contributed by atoms with Gasteiger partial charge in [0.1, 0.15) is 11.2 Å². The Kier molecular flexibility index (Phi) is 5.10.